The van der Waals surface area contributed by atoms with Crippen LogP contribution in [0.1, 0.15) is 10.5 Å². The normalized spacial score (nSPS) is 10.5. The van der Waals surface area contributed by atoms with E-state index in [-0.39, 0.29) is 5.91 Å². The first-order valence-corrected chi connectivity index (χ1v) is 5.94. The van der Waals surface area contributed by atoms with E-state index in [1.807, 2.05) is 30.3 Å². The van der Waals surface area contributed by atoms with Crippen molar-refractivity contribution in [3.63, 3.8) is 0 Å². The van der Waals surface area contributed by atoms with Gasteiger partial charge in [-0.25, -0.2) is 9.66 Å². The molecule has 19 heavy (non-hydrogen) atoms. The Morgan fingerprint density at radius 3 is 2.89 bits per heavy atom. The Labute approximate surface area is 113 Å². The summed E-state index contributed by atoms with van der Waals surface area (Å²) in [6.45, 7) is 0. The number of rotatable bonds is 2. The average Bonchev–Trinajstić information content (AvgIpc) is 2.84. The summed E-state index contributed by atoms with van der Waals surface area (Å²) < 4.78 is 1.64. The summed E-state index contributed by atoms with van der Waals surface area (Å²) >= 11 is 4.94. The van der Waals surface area contributed by atoms with E-state index in [1.165, 1.54) is 11.0 Å². The zero-order valence-corrected chi connectivity index (χ0v) is 10.5. The van der Waals surface area contributed by atoms with Crippen LogP contribution in [0, 0.1) is 4.77 Å². The second kappa shape index (κ2) is 4.62. The number of pyridine rings is 1. The van der Waals surface area contributed by atoms with Crippen LogP contribution in [0.2, 0.25) is 0 Å². The summed E-state index contributed by atoms with van der Waals surface area (Å²) in [5, 5.41) is 7.25. The third-order valence-corrected chi connectivity index (χ3v) is 2.89. The quantitative estimate of drug-likeness (QED) is 0.698. The Bertz CT molecular complexity index is 807. The number of amides is 1. The van der Waals surface area contributed by atoms with Crippen molar-refractivity contribution in [3.8, 4) is 0 Å². The standard InChI is InChI=1S/C12H9N5OS/c18-11(16-17-7-13-15-12(17)19)10-6-5-8-3-1-2-4-9(8)14-10/h1-7H,(H,15,19)(H,16,18). The highest BCUT2D eigenvalue weighted by atomic mass is 32.1. The molecule has 3 rings (SSSR count). The van der Waals surface area contributed by atoms with Gasteiger partial charge >= 0.3 is 0 Å². The monoisotopic (exact) mass is 271 g/mol. The molecule has 0 radical (unpaired) electrons. The number of nitrogens with one attached hydrogen (secondary N) is 2. The van der Waals surface area contributed by atoms with Gasteiger partial charge in [-0.3, -0.25) is 15.3 Å². The van der Waals surface area contributed by atoms with Crippen molar-refractivity contribution < 1.29 is 4.79 Å². The lowest BCUT2D eigenvalue weighted by Crippen LogP contribution is -2.23. The van der Waals surface area contributed by atoms with Gasteiger partial charge in [0.2, 0.25) is 4.77 Å². The maximum absolute atomic E-state index is 12.0. The van der Waals surface area contributed by atoms with Gasteiger partial charge in [0.25, 0.3) is 5.91 Å². The minimum Gasteiger partial charge on any atom is -0.266 e. The predicted octanol–water partition coefficient (Wildman–Crippen LogP) is 1.87. The molecule has 0 spiro atoms. The van der Waals surface area contributed by atoms with Gasteiger partial charge in [-0.15, -0.1) is 0 Å². The van der Waals surface area contributed by atoms with Crippen LogP contribution in [-0.4, -0.2) is 25.8 Å². The van der Waals surface area contributed by atoms with Crippen LogP contribution in [0.25, 0.3) is 10.9 Å². The summed E-state index contributed by atoms with van der Waals surface area (Å²) in [5.74, 6) is -0.344. The maximum Gasteiger partial charge on any atom is 0.288 e. The highest BCUT2D eigenvalue weighted by Crippen LogP contribution is 2.11. The van der Waals surface area contributed by atoms with Crippen molar-refractivity contribution in [2.45, 2.75) is 0 Å². The summed E-state index contributed by atoms with van der Waals surface area (Å²) in [7, 11) is 0. The van der Waals surface area contributed by atoms with E-state index in [2.05, 4.69) is 20.6 Å². The molecule has 0 atom stereocenters. The number of para-hydroxylation sites is 1. The molecule has 0 saturated carbocycles. The molecule has 0 bridgehead atoms. The number of nitrogens with zero attached hydrogens (tertiary/aromatic N) is 3. The smallest absolute Gasteiger partial charge is 0.266 e. The molecule has 0 fully saturated rings. The SMILES string of the molecule is O=C(Nn1cn[nH]c1=S)c1ccc2ccccc2n1. The second-order valence-electron chi connectivity index (χ2n) is 3.86. The van der Waals surface area contributed by atoms with Gasteiger partial charge in [-0.2, -0.15) is 5.10 Å². The number of H-pyrrole nitrogens is 1. The molecule has 0 aliphatic carbocycles. The van der Waals surface area contributed by atoms with Gasteiger partial charge in [0.15, 0.2) is 0 Å². The molecule has 2 N–H and O–H groups in total. The number of hydrogen-bond acceptors (Lipinski definition) is 4. The molecule has 0 saturated heterocycles. The molecule has 7 heteroatoms. The number of hydrogen-bond donors (Lipinski definition) is 2. The fourth-order valence-corrected chi connectivity index (χ4v) is 1.83. The van der Waals surface area contributed by atoms with Crippen LogP contribution < -0.4 is 5.43 Å². The maximum atomic E-state index is 12.0. The van der Waals surface area contributed by atoms with Crippen LogP contribution in [0.15, 0.2) is 42.7 Å². The third kappa shape index (κ3) is 2.23. The van der Waals surface area contributed by atoms with E-state index < -0.39 is 0 Å². The lowest BCUT2D eigenvalue weighted by Gasteiger charge is -2.05. The van der Waals surface area contributed by atoms with Crippen molar-refractivity contribution >= 4 is 29.0 Å². The first-order valence-electron chi connectivity index (χ1n) is 5.53. The molecular weight excluding hydrogens is 262 g/mol. The van der Waals surface area contributed by atoms with Crippen molar-refractivity contribution in [2.24, 2.45) is 0 Å². The number of aromatic nitrogens is 4. The van der Waals surface area contributed by atoms with Crippen LogP contribution in [0.4, 0.5) is 0 Å². The number of aromatic amines is 1. The summed E-state index contributed by atoms with van der Waals surface area (Å²) in [4.78, 5) is 16.3. The third-order valence-electron chi connectivity index (χ3n) is 2.61. The highest BCUT2D eigenvalue weighted by molar-refractivity contribution is 7.71. The van der Waals surface area contributed by atoms with Crippen LogP contribution in [0.5, 0.6) is 0 Å². The van der Waals surface area contributed by atoms with Gasteiger partial charge in [0.1, 0.15) is 12.0 Å². The van der Waals surface area contributed by atoms with E-state index in [1.54, 1.807) is 6.07 Å². The van der Waals surface area contributed by atoms with Gasteiger partial charge < -0.3 is 0 Å². The summed E-state index contributed by atoms with van der Waals surface area (Å²) in [5.41, 5.74) is 3.68. The fraction of sp³-hybridized carbons (Fsp3) is 0. The van der Waals surface area contributed by atoms with Gasteiger partial charge in [-0.1, -0.05) is 24.3 Å². The topological polar surface area (TPSA) is 75.6 Å². The van der Waals surface area contributed by atoms with Crippen molar-refractivity contribution in [1.82, 2.24) is 19.9 Å². The zero-order valence-electron chi connectivity index (χ0n) is 9.70. The number of fused-ring (bicyclic) bond motifs is 1. The Morgan fingerprint density at radius 2 is 2.11 bits per heavy atom. The molecular formula is C12H9N5OS. The predicted molar refractivity (Wildman–Crippen MR) is 72.8 cm³/mol. The summed E-state index contributed by atoms with van der Waals surface area (Å²) in [6, 6.07) is 11.1. The van der Waals surface area contributed by atoms with Gasteiger partial charge in [0.05, 0.1) is 5.52 Å². The molecule has 0 unspecified atom stereocenters. The molecule has 6 nitrogen and oxygen atoms in total. The Hall–Kier alpha value is -2.54. The van der Waals surface area contributed by atoms with E-state index in [0.29, 0.717) is 10.5 Å². The Kier molecular flexibility index (Phi) is 2.81. The van der Waals surface area contributed by atoms with Crippen molar-refractivity contribution in [3.05, 3.63) is 53.2 Å². The Morgan fingerprint density at radius 1 is 1.26 bits per heavy atom. The van der Waals surface area contributed by atoms with Crippen LogP contribution >= 0.6 is 12.2 Å². The molecule has 1 aromatic carbocycles. The second-order valence-corrected chi connectivity index (χ2v) is 4.25. The molecule has 2 aromatic heterocycles. The highest BCUT2D eigenvalue weighted by Gasteiger charge is 2.08. The fourth-order valence-electron chi connectivity index (χ4n) is 1.69. The minimum absolute atomic E-state index is 0.314. The molecule has 0 aliphatic heterocycles. The Balaban J connectivity index is 1.93. The van der Waals surface area contributed by atoms with Crippen LogP contribution in [-0.2, 0) is 0 Å². The lowest BCUT2D eigenvalue weighted by atomic mass is 10.2. The lowest BCUT2D eigenvalue weighted by molar-refractivity contribution is 0.100. The zero-order chi connectivity index (χ0) is 13.2. The molecule has 3 aromatic rings. The average molecular weight is 271 g/mol. The summed E-state index contributed by atoms with van der Waals surface area (Å²) in [6.07, 6.45) is 1.39. The molecule has 94 valence electrons. The van der Waals surface area contributed by atoms with E-state index in [0.717, 1.165) is 10.9 Å². The van der Waals surface area contributed by atoms with Crippen molar-refractivity contribution in [1.29, 1.82) is 0 Å². The van der Waals surface area contributed by atoms with E-state index >= 15 is 0 Å². The number of carbonyl (C=O) groups is 1. The first-order chi connectivity index (χ1) is 9.24. The molecule has 2 heterocycles. The van der Waals surface area contributed by atoms with Crippen molar-refractivity contribution in [2.75, 3.05) is 5.43 Å². The van der Waals surface area contributed by atoms with Crippen LogP contribution in [0.3, 0.4) is 0 Å². The number of benzene rings is 1. The van der Waals surface area contributed by atoms with E-state index in [9.17, 15) is 4.79 Å². The van der Waals surface area contributed by atoms with Gasteiger partial charge in [0, 0.05) is 5.39 Å². The van der Waals surface area contributed by atoms with E-state index in [4.69, 9.17) is 12.2 Å². The largest absolute Gasteiger partial charge is 0.288 e. The number of carbonyl (C=O) groups excluding carboxylic acids is 1. The molecule has 0 aliphatic rings. The molecule has 1 amide bonds. The van der Waals surface area contributed by atoms with Gasteiger partial charge in [-0.05, 0) is 24.4 Å². The minimum atomic E-state index is -0.344. The first kappa shape index (κ1) is 11.5.